The maximum atomic E-state index is 4.41. The lowest BCUT2D eigenvalue weighted by Gasteiger charge is -2.40. The maximum Gasteiger partial charge on any atom is 0.0448 e. The number of hydrogen-bond donors (Lipinski definition) is 0. The molecule has 0 N–H and O–H groups in total. The summed E-state index contributed by atoms with van der Waals surface area (Å²) in [5, 5.41) is 0. The van der Waals surface area contributed by atoms with Crippen LogP contribution in [0.4, 0.5) is 5.69 Å². The van der Waals surface area contributed by atoms with Crippen molar-refractivity contribution in [3.63, 3.8) is 0 Å². The van der Waals surface area contributed by atoms with Gasteiger partial charge in [-0.1, -0.05) is 31.7 Å². The van der Waals surface area contributed by atoms with Gasteiger partial charge in [0, 0.05) is 23.8 Å². The number of benzene rings is 1. The summed E-state index contributed by atoms with van der Waals surface area (Å²) in [5.74, 6) is 0. The van der Waals surface area contributed by atoms with Crippen LogP contribution in [0.15, 0.2) is 36.5 Å². The van der Waals surface area contributed by atoms with E-state index < -0.39 is 0 Å². The molecular formula is C17H24N2. The minimum Gasteiger partial charge on any atom is -0.348 e. The highest BCUT2D eigenvalue weighted by molar-refractivity contribution is 5.70. The van der Waals surface area contributed by atoms with Crippen LogP contribution in [0.1, 0.15) is 31.7 Å². The first kappa shape index (κ1) is 12.7. The maximum absolute atomic E-state index is 4.41. The third kappa shape index (κ3) is 1.81. The number of piperidine rings is 1. The van der Waals surface area contributed by atoms with E-state index in [4.69, 9.17) is 0 Å². The van der Waals surface area contributed by atoms with Gasteiger partial charge in [-0.25, -0.2) is 0 Å². The summed E-state index contributed by atoms with van der Waals surface area (Å²) >= 11 is 0. The van der Waals surface area contributed by atoms with Gasteiger partial charge in [-0.05, 0) is 50.5 Å². The Bertz CT molecular complexity index is 484. The van der Waals surface area contributed by atoms with Crippen LogP contribution < -0.4 is 4.90 Å². The van der Waals surface area contributed by atoms with Crippen LogP contribution in [0.3, 0.4) is 0 Å². The van der Waals surface area contributed by atoms with Gasteiger partial charge in [-0.2, -0.15) is 0 Å². The predicted molar refractivity (Wildman–Crippen MR) is 81.6 cm³/mol. The van der Waals surface area contributed by atoms with Gasteiger partial charge in [0.05, 0.1) is 0 Å². The number of allylic oxidation sites excluding steroid dienone is 1. The smallest absolute Gasteiger partial charge is 0.0448 e. The normalized spacial score (nSPS) is 22.0. The Balaban J connectivity index is 1.91. The van der Waals surface area contributed by atoms with Gasteiger partial charge >= 0.3 is 0 Å². The van der Waals surface area contributed by atoms with Crippen molar-refractivity contribution in [2.75, 3.05) is 31.6 Å². The zero-order valence-electron chi connectivity index (χ0n) is 12.2. The van der Waals surface area contributed by atoms with Crippen LogP contribution in [0, 0.1) is 0 Å². The molecule has 0 bridgehead atoms. The van der Waals surface area contributed by atoms with Crippen molar-refractivity contribution in [3.8, 4) is 0 Å². The van der Waals surface area contributed by atoms with Gasteiger partial charge in [-0.15, -0.1) is 0 Å². The van der Waals surface area contributed by atoms with E-state index in [-0.39, 0.29) is 5.41 Å². The monoisotopic (exact) mass is 256 g/mol. The number of para-hydroxylation sites is 1. The number of hydrogen-bond acceptors (Lipinski definition) is 2. The van der Waals surface area contributed by atoms with E-state index in [0.29, 0.717) is 0 Å². The highest BCUT2D eigenvalue weighted by Crippen LogP contribution is 2.51. The Hall–Kier alpha value is -1.28. The van der Waals surface area contributed by atoms with Gasteiger partial charge < -0.3 is 9.80 Å². The van der Waals surface area contributed by atoms with E-state index in [1.54, 1.807) is 0 Å². The Kier molecular flexibility index (Phi) is 3.14. The molecule has 0 saturated carbocycles. The molecule has 0 unspecified atom stereocenters. The minimum atomic E-state index is 0.204. The number of nitrogens with zero attached hydrogens (tertiary/aromatic N) is 2. The summed E-state index contributed by atoms with van der Waals surface area (Å²) in [4.78, 5) is 4.89. The van der Waals surface area contributed by atoms with Gasteiger partial charge in [0.2, 0.25) is 0 Å². The SMILES string of the molecule is C=C1N(C)c2ccccc2C12CCN(CCC)CC2. The lowest BCUT2D eigenvalue weighted by atomic mass is 9.72. The molecule has 0 atom stereocenters. The lowest BCUT2D eigenvalue weighted by Crippen LogP contribution is -2.43. The van der Waals surface area contributed by atoms with Crippen molar-refractivity contribution in [1.82, 2.24) is 4.90 Å². The fourth-order valence-electron chi connectivity index (χ4n) is 3.83. The Morgan fingerprint density at radius 3 is 2.58 bits per heavy atom. The van der Waals surface area contributed by atoms with E-state index in [9.17, 15) is 0 Å². The molecule has 1 spiro atoms. The first-order valence-corrected chi connectivity index (χ1v) is 7.44. The third-order valence-corrected chi connectivity index (χ3v) is 4.99. The molecule has 0 radical (unpaired) electrons. The van der Waals surface area contributed by atoms with E-state index in [2.05, 4.69) is 54.6 Å². The summed E-state index contributed by atoms with van der Waals surface area (Å²) in [5.41, 5.74) is 4.36. The standard InChI is InChI=1S/C17H24N2/c1-4-11-19-12-9-17(10-13-19)14(2)18(3)16-8-6-5-7-15(16)17/h5-8H,2,4,9-13H2,1,3H3. The predicted octanol–water partition coefficient (Wildman–Crippen LogP) is 3.39. The van der Waals surface area contributed by atoms with Crippen molar-refractivity contribution < 1.29 is 0 Å². The molecule has 3 rings (SSSR count). The first-order chi connectivity index (χ1) is 9.19. The molecule has 0 aromatic heterocycles. The zero-order valence-corrected chi connectivity index (χ0v) is 12.2. The first-order valence-electron chi connectivity index (χ1n) is 7.44. The van der Waals surface area contributed by atoms with E-state index in [1.807, 2.05) is 0 Å². The van der Waals surface area contributed by atoms with Gasteiger partial charge in [0.1, 0.15) is 0 Å². The summed E-state index contributed by atoms with van der Waals surface area (Å²) in [6, 6.07) is 8.84. The van der Waals surface area contributed by atoms with Crippen molar-refractivity contribution in [1.29, 1.82) is 0 Å². The van der Waals surface area contributed by atoms with Crippen molar-refractivity contribution in [3.05, 3.63) is 42.1 Å². The van der Waals surface area contributed by atoms with E-state index in [1.165, 1.54) is 55.8 Å². The second kappa shape index (κ2) is 4.68. The second-order valence-corrected chi connectivity index (χ2v) is 5.95. The van der Waals surface area contributed by atoms with Crippen molar-refractivity contribution >= 4 is 5.69 Å². The largest absolute Gasteiger partial charge is 0.348 e. The Morgan fingerprint density at radius 2 is 1.89 bits per heavy atom. The summed E-state index contributed by atoms with van der Waals surface area (Å²) in [7, 11) is 2.16. The fourth-order valence-corrected chi connectivity index (χ4v) is 3.83. The molecule has 2 heteroatoms. The summed E-state index contributed by atoms with van der Waals surface area (Å²) < 4.78 is 0. The lowest BCUT2D eigenvalue weighted by molar-refractivity contribution is 0.180. The third-order valence-electron chi connectivity index (χ3n) is 4.99. The van der Waals surface area contributed by atoms with Crippen LogP contribution in [0.2, 0.25) is 0 Å². The molecule has 1 aromatic rings. The van der Waals surface area contributed by atoms with Gasteiger partial charge in [-0.3, -0.25) is 0 Å². The molecule has 0 amide bonds. The number of anilines is 1. The molecule has 2 nitrogen and oxygen atoms in total. The van der Waals surface area contributed by atoms with E-state index >= 15 is 0 Å². The van der Waals surface area contributed by atoms with Crippen molar-refractivity contribution in [2.45, 2.75) is 31.6 Å². The molecular weight excluding hydrogens is 232 g/mol. The molecule has 102 valence electrons. The number of fused-ring (bicyclic) bond motifs is 2. The fraction of sp³-hybridized carbons (Fsp3) is 0.529. The van der Waals surface area contributed by atoms with Crippen molar-refractivity contribution in [2.24, 2.45) is 0 Å². The van der Waals surface area contributed by atoms with E-state index in [0.717, 1.165) is 0 Å². The van der Waals surface area contributed by atoms with Crippen LogP contribution in [0.25, 0.3) is 0 Å². The van der Waals surface area contributed by atoms with Gasteiger partial charge in [0.15, 0.2) is 0 Å². The number of rotatable bonds is 2. The molecule has 1 aromatic carbocycles. The van der Waals surface area contributed by atoms with Crippen LogP contribution in [-0.2, 0) is 5.41 Å². The molecule has 2 aliphatic heterocycles. The highest BCUT2D eigenvalue weighted by Gasteiger charge is 2.46. The molecule has 1 fully saturated rings. The average Bonchev–Trinajstić information content (AvgIpc) is 2.65. The van der Waals surface area contributed by atoms with Crippen LogP contribution in [-0.4, -0.2) is 31.6 Å². The molecule has 0 aliphatic carbocycles. The zero-order chi connectivity index (χ0) is 13.5. The average molecular weight is 256 g/mol. The highest BCUT2D eigenvalue weighted by atomic mass is 15.2. The second-order valence-electron chi connectivity index (χ2n) is 5.95. The topological polar surface area (TPSA) is 6.48 Å². The molecule has 2 heterocycles. The summed E-state index contributed by atoms with van der Waals surface area (Å²) in [6.07, 6.45) is 3.69. The Morgan fingerprint density at radius 1 is 1.21 bits per heavy atom. The number of likely N-dealkylation sites (N-methyl/N-ethyl adjacent to an activating group) is 1. The van der Waals surface area contributed by atoms with Crippen LogP contribution in [0.5, 0.6) is 0 Å². The van der Waals surface area contributed by atoms with Gasteiger partial charge in [0.25, 0.3) is 0 Å². The number of likely N-dealkylation sites (tertiary alicyclic amines) is 1. The molecule has 1 saturated heterocycles. The minimum absolute atomic E-state index is 0.204. The molecule has 2 aliphatic rings. The van der Waals surface area contributed by atoms with Crippen LogP contribution >= 0.6 is 0 Å². The Labute approximate surface area is 116 Å². The summed E-state index contributed by atoms with van der Waals surface area (Å²) in [6.45, 7) is 10.3. The molecule has 19 heavy (non-hydrogen) atoms. The quantitative estimate of drug-likeness (QED) is 0.800.